The van der Waals surface area contributed by atoms with Crippen LogP contribution in [-0.4, -0.2) is 33.9 Å². The second-order valence-electron chi connectivity index (χ2n) is 4.35. The van der Waals surface area contributed by atoms with Crippen molar-refractivity contribution in [2.75, 3.05) is 11.9 Å². The SMILES string of the molecule is CCOC(=O)[C@@H](C)Sc1nnc(NC(=O)c2cccc(Cl)c2)s1. The molecule has 0 aliphatic rings. The summed E-state index contributed by atoms with van der Waals surface area (Å²) in [6.45, 7) is 3.82. The average molecular weight is 372 g/mol. The van der Waals surface area contributed by atoms with E-state index < -0.39 is 0 Å². The van der Waals surface area contributed by atoms with Crippen molar-refractivity contribution in [3.8, 4) is 0 Å². The molecule has 1 atom stereocenters. The maximum absolute atomic E-state index is 12.1. The van der Waals surface area contributed by atoms with Gasteiger partial charge in [-0.1, -0.05) is 40.8 Å². The maximum atomic E-state index is 12.1. The molecular formula is C14H14ClN3O3S2. The van der Waals surface area contributed by atoms with Gasteiger partial charge in [-0.05, 0) is 32.0 Å². The van der Waals surface area contributed by atoms with Gasteiger partial charge >= 0.3 is 5.97 Å². The van der Waals surface area contributed by atoms with Crippen LogP contribution in [0.4, 0.5) is 5.13 Å². The molecule has 1 amide bonds. The topological polar surface area (TPSA) is 81.2 Å². The highest BCUT2D eigenvalue weighted by molar-refractivity contribution is 8.02. The zero-order chi connectivity index (χ0) is 16.8. The Morgan fingerprint density at radius 3 is 2.91 bits per heavy atom. The van der Waals surface area contributed by atoms with Crippen LogP contribution in [0.2, 0.25) is 5.02 Å². The Labute approximate surface area is 146 Å². The fourth-order valence-electron chi connectivity index (χ4n) is 1.57. The number of carbonyl (C=O) groups is 2. The Morgan fingerprint density at radius 1 is 1.43 bits per heavy atom. The molecule has 122 valence electrons. The van der Waals surface area contributed by atoms with Crippen molar-refractivity contribution in [2.24, 2.45) is 0 Å². The van der Waals surface area contributed by atoms with Gasteiger partial charge < -0.3 is 4.74 Å². The molecule has 6 nitrogen and oxygen atoms in total. The fraction of sp³-hybridized carbons (Fsp3) is 0.286. The predicted octanol–water partition coefficient (Wildman–Crippen LogP) is 3.49. The van der Waals surface area contributed by atoms with Gasteiger partial charge in [0.2, 0.25) is 5.13 Å². The number of hydrogen-bond acceptors (Lipinski definition) is 7. The van der Waals surface area contributed by atoms with E-state index in [-0.39, 0.29) is 17.1 Å². The number of anilines is 1. The van der Waals surface area contributed by atoms with E-state index >= 15 is 0 Å². The lowest BCUT2D eigenvalue weighted by Gasteiger charge is -2.06. The highest BCUT2D eigenvalue weighted by atomic mass is 35.5. The zero-order valence-corrected chi connectivity index (χ0v) is 14.8. The number of hydrogen-bond donors (Lipinski definition) is 1. The molecule has 1 aromatic carbocycles. The summed E-state index contributed by atoms with van der Waals surface area (Å²) in [6, 6.07) is 6.60. The number of halogens is 1. The molecule has 0 aliphatic heterocycles. The Kier molecular flexibility index (Phi) is 6.37. The van der Waals surface area contributed by atoms with Crippen LogP contribution < -0.4 is 5.32 Å². The molecule has 1 N–H and O–H groups in total. The predicted molar refractivity (Wildman–Crippen MR) is 91.3 cm³/mol. The third-order valence-corrected chi connectivity index (χ3v) is 4.85. The van der Waals surface area contributed by atoms with Gasteiger partial charge in [0.25, 0.3) is 5.91 Å². The first-order valence-corrected chi connectivity index (χ1v) is 8.80. The minimum Gasteiger partial charge on any atom is -0.465 e. The van der Waals surface area contributed by atoms with Gasteiger partial charge in [0.05, 0.1) is 6.61 Å². The number of nitrogens with zero attached hydrogens (tertiary/aromatic N) is 2. The third kappa shape index (κ3) is 5.19. The summed E-state index contributed by atoms with van der Waals surface area (Å²) in [5.74, 6) is -0.629. The summed E-state index contributed by atoms with van der Waals surface area (Å²) in [6.07, 6.45) is 0. The second kappa shape index (κ2) is 8.28. The summed E-state index contributed by atoms with van der Waals surface area (Å²) in [5.41, 5.74) is 0.432. The summed E-state index contributed by atoms with van der Waals surface area (Å²) in [7, 11) is 0. The molecule has 2 rings (SSSR count). The van der Waals surface area contributed by atoms with Crippen LogP contribution in [-0.2, 0) is 9.53 Å². The van der Waals surface area contributed by atoms with Crippen LogP contribution in [0, 0.1) is 0 Å². The number of benzene rings is 1. The summed E-state index contributed by atoms with van der Waals surface area (Å²) < 4.78 is 5.51. The molecule has 0 radical (unpaired) electrons. The third-order valence-electron chi connectivity index (χ3n) is 2.61. The smallest absolute Gasteiger partial charge is 0.319 e. The van der Waals surface area contributed by atoms with Crippen LogP contribution in [0.3, 0.4) is 0 Å². The van der Waals surface area contributed by atoms with E-state index in [4.69, 9.17) is 16.3 Å². The largest absolute Gasteiger partial charge is 0.465 e. The standard InChI is InChI=1S/C14H14ClN3O3S2/c1-3-21-12(20)8(2)22-14-18-17-13(23-14)16-11(19)9-5-4-6-10(15)7-9/h4-8H,3H2,1-2H3,(H,16,17,19)/t8-/m1/s1. The number of thioether (sulfide) groups is 1. The first-order chi connectivity index (χ1) is 11.0. The number of carbonyl (C=O) groups excluding carboxylic acids is 2. The molecule has 0 bridgehead atoms. The Hall–Kier alpha value is -1.64. The van der Waals surface area contributed by atoms with Crippen molar-refractivity contribution in [3.05, 3.63) is 34.9 Å². The van der Waals surface area contributed by atoms with Gasteiger partial charge in [-0.15, -0.1) is 10.2 Å². The summed E-state index contributed by atoms with van der Waals surface area (Å²) >= 11 is 8.28. The minimum atomic E-state index is -0.389. The van der Waals surface area contributed by atoms with E-state index in [1.165, 1.54) is 23.1 Å². The lowest BCUT2D eigenvalue weighted by Crippen LogP contribution is -2.16. The molecule has 23 heavy (non-hydrogen) atoms. The number of ether oxygens (including phenoxy) is 1. The Bertz CT molecular complexity index is 708. The van der Waals surface area contributed by atoms with E-state index in [2.05, 4.69) is 15.5 Å². The van der Waals surface area contributed by atoms with Gasteiger partial charge in [0.1, 0.15) is 5.25 Å². The zero-order valence-electron chi connectivity index (χ0n) is 12.4. The van der Waals surface area contributed by atoms with Crippen LogP contribution in [0.1, 0.15) is 24.2 Å². The lowest BCUT2D eigenvalue weighted by molar-refractivity contribution is -0.142. The molecule has 1 aromatic heterocycles. The molecule has 0 aliphatic carbocycles. The summed E-state index contributed by atoms with van der Waals surface area (Å²) in [5, 5.41) is 10.9. The van der Waals surface area contributed by atoms with Crippen molar-refractivity contribution < 1.29 is 14.3 Å². The maximum Gasteiger partial charge on any atom is 0.319 e. The number of esters is 1. The van der Waals surface area contributed by atoms with Gasteiger partial charge in [-0.2, -0.15) is 0 Å². The van der Waals surface area contributed by atoms with Gasteiger partial charge in [0, 0.05) is 10.6 Å². The van der Waals surface area contributed by atoms with E-state index in [0.29, 0.717) is 26.7 Å². The van der Waals surface area contributed by atoms with E-state index in [1.54, 1.807) is 38.1 Å². The molecule has 9 heteroatoms. The van der Waals surface area contributed by atoms with Gasteiger partial charge in [-0.3, -0.25) is 14.9 Å². The summed E-state index contributed by atoms with van der Waals surface area (Å²) in [4.78, 5) is 23.7. The molecule has 0 unspecified atom stereocenters. The molecule has 0 fully saturated rings. The first-order valence-electron chi connectivity index (χ1n) is 6.73. The van der Waals surface area contributed by atoms with Crippen molar-refractivity contribution in [1.29, 1.82) is 0 Å². The van der Waals surface area contributed by atoms with Crippen molar-refractivity contribution >= 4 is 51.7 Å². The number of aromatic nitrogens is 2. The fourth-order valence-corrected chi connectivity index (χ4v) is 3.65. The molecule has 0 saturated carbocycles. The highest BCUT2D eigenvalue weighted by Crippen LogP contribution is 2.29. The van der Waals surface area contributed by atoms with Crippen LogP contribution in [0.5, 0.6) is 0 Å². The lowest BCUT2D eigenvalue weighted by atomic mass is 10.2. The van der Waals surface area contributed by atoms with Crippen molar-refractivity contribution in [3.63, 3.8) is 0 Å². The normalized spacial score (nSPS) is 11.8. The molecular weight excluding hydrogens is 358 g/mol. The van der Waals surface area contributed by atoms with Crippen LogP contribution in [0.15, 0.2) is 28.6 Å². The minimum absolute atomic E-state index is 0.308. The van der Waals surface area contributed by atoms with Gasteiger partial charge in [0.15, 0.2) is 4.34 Å². The quantitative estimate of drug-likeness (QED) is 0.475. The van der Waals surface area contributed by atoms with E-state index in [1.807, 2.05) is 0 Å². The van der Waals surface area contributed by atoms with Crippen molar-refractivity contribution in [1.82, 2.24) is 10.2 Å². The highest BCUT2D eigenvalue weighted by Gasteiger charge is 2.18. The first kappa shape index (κ1) is 17.7. The van der Waals surface area contributed by atoms with Crippen LogP contribution in [0.25, 0.3) is 0 Å². The molecule has 0 spiro atoms. The number of rotatable bonds is 6. The molecule has 2 aromatic rings. The number of nitrogens with one attached hydrogen (secondary N) is 1. The number of amides is 1. The van der Waals surface area contributed by atoms with Crippen molar-refractivity contribution in [2.45, 2.75) is 23.4 Å². The Balaban J connectivity index is 1.97. The van der Waals surface area contributed by atoms with Crippen LogP contribution >= 0.6 is 34.7 Å². The molecule has 1 heterocycles. The van der Waals surface area contributed by atoms with E-state index in [9.17, 15) is 9.59 Å². The van der Waals surface area contributed by atoms with E-state index in [0.717, 1.165) is 0 Å². The van der Waals surface area contributed by atoms with Gasteiger partial charge in [-0.25, -0.2) is 0 Å². The second-order valence-corrected chi connectivity index (χ2v) is 7.35. The molecule has 0 saturated heterocycles. The average Bonchev–Trinajstić information content (AvgIpc) is 2.94. The monoisotopic (exact) mass is 371 g/mol. The Morgan fingerprint density at radius 2 is 2.22 bits per heavy atom.